The summed E-state index contributed by atoms with van der Waals surface area (Å²) in [6, 6.07) is 6.52. The zero-order valence-corrected chi connectivity index (χ0v) is 19.0. The second-order valence-corrected chi connectivity index (χ2v) is 8.67. The SMILES string of the molecule is COc1ccc(F)c(-c2nccnc2C(=O)N(CCc2c[nH]c3cc(F)c(F)cc23)CC2CC2)c1. The number of nitrogens with zero attached hydrogens (tertiary/aromatic N) is 3. The minimum Gasteiger partial charge on any atom is -0.497 e. The van der Waals surface area contributed by atoms with Gasteiger partial charge < -0.3 is 14.6 Å². The smallest absolute Gasteiger partial charge is 0.274 e. The molecule has 2 heterocycles. The normalized spacial score (nSPS) is 13.3. The number of carbonyl (C=O) groups excluding carboxylic acids is 1. The molecule has 6 nitrogen and oxygen atoms in total. The quantitative estimate of drug-likeness (QED) is 0.379. The molecule has 0 radical (unpaired) electrons. The maximum atomic E-state index is 14.7. The third kappa shape index (κ3) is 4.71. The van der Waals surface area contributed by atoms with Gasteiger partial charge in [-0.15, -0.1) is 0 Å². The summed E-state index contributed by atoms with van der Waals surface area (Å²) in [7, 11) is 1.47. The third-order valence-electron chi connectivity index (χ3n) is 6.25. The lowest BCUT2D eigenvalue weighted by Gasteiger charge is -2.23. The molecule has 0 atom stereocenters. The van der Waals surface area contributed by atoms with Gasteiger partial charge in [0.2, 0.25) is 0 Å². The van der Waals surface area contributed by atoms with Gasteiger partial charge in [-0.3, -0.25) is 9.78 Å². The van der Waals surface area contributed by atoms with Gasteiger partial charge in [0.05, 0.1) is 7.11 Å². The molecule has 0 spiro atoms. The van der Waals surface area contributed by atoms with Gasteiger partial charge in [0, 0.05) is 54.2 Å². The van der Waals surface area contributed by atoms with Gasteiger partial charge in [0.15, 0.2) is 17.3 Å². The highest BCUT2D eigenvalue weighted by Gasteiger charge is 2.30. The van der Waals surface area contributed by atoms with Gasteiger partial charge in [-0.25, -0.2) is 18.2 Å². The molecule has 2 aromatic carbocycles. The van der Waals surface area contributed by atoms with E-state index in [0.717, 1.165) is 30.5 Å². The highest BCUT2D eigenvalue weighted by molar-refractivity contribution is 5.98. The Morgan fingerprint density at radius 3 is 2.63 bits per heavy atom. The van der Waals surface area contributed by atoms with Gasteiger partial charge in [-0.2, -0.15) is 0 Å². The maximum absolute atomic E-state index is 14.7. The van der Waals surface area contributed by atoms with Gasteiger partial charge in [-0.1, -0.05) is 0 Å². The number of ether oxygens (including phenoxy) is 1. The second kappa shape index (κ2) is 9.40. The van der Waals surface area contributed by atoms with Crippen molar-refractivity contribution < 1.29 is 22.7 Å². The Kier molecular flexibility index (Phi) is 6.15. The summed E-state index contributed by atoms with van der Waals surface area (Å²) < 4.78 is 47.3. The van der Waals surface area contributed by atoms with Crippen LogP contribution < -0.4 is 4.74 Å². The van der Waals surface area contributed by atoms with Crippen molar-refractivity contribution in [1.82, 2.24) is 19.9 Å². The molecule has 1 N–H and O–H groups in total. The number of amides is 1. The first-order valence-electron chi connectivity index (χ1n) is 11.3. The number of nitrogens with one attached hydrogen (secondary N) is 1. The van der Waals surface area contributed by atoms with Crippen LogP contribution in [0.3, 0.4) is 0 Å². The summed E-state index contributed by atoms with van der Waals surface area (Å²) in [5, 5.41) is 0.571. The van der Waals surface area contributed by atoms with Crippen molar-refractivity contribution in [3.05, 3.63) is 77.6 Å². The first-order valence-corrected chi connectivity index (χ1v) is 11.3. The van der Waals surface area contributed by atoms with Crippen LogP contribution in [0.4, 0.5) is 13.2 Å². The van der Waals surface area contributed by atoms with E-state index < -0.39 is 17.5 Å². The van der Waals surface area contributed by atoms with Crippen LogP contribution in [0.15, 0.2) is 48.9 Å². The lowest BCUT2D eigenvalue weighted by molar-refractivity contribution is 0.0744. The predicted octanol–water partition coefficient (Wildman–Crippen LogP) is 5.15. The number of aromatic nitrogens is 3. The molecule has 2 aromatic heterocycles. The monoisotopic (exact) mass is 480 g/mol. The number of methoxy groups -OCH3 is 1. The first kappa shape index (κ1) is 22.9. The number of benzene rings is 2. The van der Waals surface area contributed by atoms with Crippen LogP contribution >= 0.6 is 0 Å². The zero-order valence-electron chi connectivity index (χ0n) is 19.0. The van der Waals surface area contributed by atoms with E-state index in [-0.39, 0.29) is 22.9 Å². The summed E-state index contributed by atoms with van der Waals surface area (Å²) >= 11 is 0. The lowest BCUT2D eigenvalue weighted by Crippen LogP contribution is -2.35. The molecule has 5 rings (SSSR count). The molecular formula is C26H23F3N4O2. The number of H-pyrrole nitrogens is 1. The average Bonchev–Trinajstić information content (AvgIpc) is 3.61. The van der Waals surface area contributed by atoms with Crippen LogP contribution in [-0.2, 0) is 6.42 Å². The Labute approximate surface area is 199 Å². The third-order valence-corrected chi connectivity index (χ3v) is 6.25. The van der Waals surface area contributed by atoms with E-state index >= 15 is 0 Å². The molecule has 9 heteroatoms. The number of aromatic amines is 1. The van der Waals surface area contributed by atoms with Crippen molar-refractivity contribution in [3.8, 4) is 17.0 Å². The van der Waals surface area contributed by atoms with Crippen LogP contribution in [0.5, 0.6) is 5.75 Å². The molecule has 0 bridgehead atoms. The molecule has 0 aliphatic heterocycles. The summed E-state index contributed by atoms with van der Waals surface area (Å²) in [5.74, 6) is -1.92. The summed E-state index contributed by atoms with van der Waals surface area (Å²) in [4.78, 5) is 26.8. The van der Waals surface area contributed by atoms with Crippen molar-refractivity contribution in [2.75, 3.05) is 20.2 Å². The van der Waals surface area contributed by atoms with Crippen LogP contribution in [-0.4, -0.2) is 46.0 Å². The molecule has 1 aliphatic carbocycles. The average molecular weight is 480 g/mol. The van der Waals surface area contributed by atoms with E-state index in [4.69, 9.17) is 4.74 Å². The number of halogens is 3. The Morgan fingerprint density at radius 2 is 1.86 bits per heavy atom. The van der Waals surface area contributed by atoms with E-state index in [1.54, 1.807) is 11.1 Å². The first-order chi connectivity index (χ1) is 16.9. The van der Waals surface area contributed by atoms with Crippen molar-refractivity contribution >= 4 is 16.8 Å². The zero-order chi connectivity index (χ0) is 24.5. The number of hydrogen-bond donors (Lipinski definition) is 1. The fourth-order valence-electron chi connectivity index (χ4n) is 4.18. The predicted molar refractivity (Wildman–Crippen MR) is 125 cm³/mol. The van der Waals surface area contributed by atoms with E-state index in [1.807, 2.05) is 0 Å². The van der Waals surface area contributed by atoms with Crippen LogP contribution in [0.2, 0.25) is 0 Å². The molecule has 1 aliphatic rings. The van der Waals surface area contributed by atoms with E-state index in [9.17, 15) is 18.0 Å². The second-order valence-electron chi connectivity index (χ2n) is 8.67. The molecule has 35 heavy (non-hydrogen) atoms. The van der Waals surface area contributed by atoms with Gasteiger partial charge in [-0.05, 0) is 55.0 Å². The van der Waals surface area contributed by atoms with Gasteiger partial charge in [0.25, 0.3) is 5.91 Å². The summed E-state index contributed by atoms with van der Waals surface area (Å²) in [6.45, 7) is 0.860. The molecular weight excluding hydrogens is 457 g/mol. The number of rotatable bonds is 8. The molecule has 0 unspecified atom stereocenters. The standard InChI is InChI=1S/C26H23F3N4O2/c1-35-17-4-5-20(27)19(10-17)24-25(31-8-7-30-24)26(34)33(14-15-2-3-15)9-6-16-13-32-23-12-22(29)21(28)11-18(16)23/h4-5,7-8,10-13,15,32H,2-3,6,9,14H2,1H3. The fraction of sp³-hybridized carbons (Fsp3) is 0.269. The van der Waals surface area contributed by atoms with E-state index in [2.05, 4.69) is 15.0 Å². The van der Waals surface area contributed by atoms with E-state index in [1.165, 1.54) is 37.7 Å². The highest BCUT2D eigenvalue weighted by Crippen LogP contribution is 2.32. The Hall–Kier alpha value is -3.88. The summed E-state index contributed by atoms with van der Waals surface area (Å²) in [6.07, 6.45) is 6.99. The summed E-state index contributed by atoms with van der Waals surface area (Å²) in [5.41, 5.74) is 1.57. The number of carbonyl (C=O) groups is 1. The number of fused-ring (bicyclic) bond motifs is 1. The van der Waals surface area contributed by atoms with Crippen molar-refractivity contribution in [1.29, 1.82) is 0 Å². The molecule has 1 saturated carbocycles. The minimum absolute atomic E-state index is 0.0485. The topological polar surface area (TPSA) is 71.1 Å². The van der Waals surface area contributed by atoms with Crippen LogP contribution in [0.25, 0.3) is 22.2 Å². The largest absolute Gasteiger partial charge is 0.497 e. The van der Waals surface area contributed by atoms with Crippen LogP contribution in [0, 0.1) is 23.4 Å². The maximum Gasteiger partial charge on any atom is 0.274 e. The molecule has 4 aromatic rings. The van der Waals surface area contributed by atoms with Gasteiger partial charge >= 0.3 is 0 Å². The Morgan fingerprint density at radius 1 is 1.09 bits per heavy atom. The highest BCUT2D eigenvalue weighted by atomic mass is 19.2. The minimum atomic E-state index is -0.922. The molecule has 1 amide bonds. The number of hydrogen-bond acceptors (Lipinski definition) is 4. The van der Waals surface area contributed by atoms with Crippen molar-refractivity contribution in [3.63, 3.8) is 0 Å². The molecule has 1 fully saturated rings. The van der Waals surface area contributed by atoms with Gasteiger partial charge in [0.1, 0.15) is 17.3 Å². The molecule has 180 valence electrons. The van der Waals surface area contributed by atoms with E-state index in [0.29, 0.717) is 42.1 Å². The van der Waals surface area contributed by atoms with Crippen molar-refractivity contribution in [2.24, 2.45) is 5.92 Å². The Balaban J connectivity index is 1.44. The fourth-order valence-corrected chi connectivity index (χ4v) is 4.18. The van der Waals surface area contributed by atoms with Crippen molar-refractivity contribution in [2.45, 2.75) is 19.3 Å². The Bertz CT molecular complexity index is 1400. The lowest BCUT2D eigenvalue weighted by atomic mass is 10.1. The van der Waals surface area contributed by atoms with Crippen LogP contribution in [0.1, 0.15) is 28.9 Å². The molecule has 0 saturated heterocycles.